The number of hydrogen-bond donors (Lipinski definition) is 0. The van der Waals surface area contributed by atoms with Gasteiger partial charge in [-0.05, 0) is 43.3 Å². The Morgan fingerprint density at radius 1 is 1.08 bits per heavy atom. The largest absolute Gasteiger partial charge is 0.489 e. The maximum atomic E-state index is 12.9. The highest BCUT2D eigenvalue weighted by atomic mass is 16.6. The van der Waals surface area contributed by atoms with Crippen LogP contribution in [0.5, 0.6) is 5.75 Å². The van der Waals surface area contributed by atoms with Crippen molar-refractivity contribution >= 4 is 17.4 Å². The lowest BCUT2D eigenvalue weighted by atomic mass is 10.0. The maximum absolute atomic E-state index is 12.9. The van der Waals surface area contributed by atoms with Crippen molar-refractivity contribution in [1.82, 2.24) is 0 Å². The molecule has 0 heterocycles. The van der Waals surface area contributed by atoms with Crippen LogP contribution in [0.1, 0.15) is 21.5 Å². The minimum atomic E-state index is -0.505. The smallest absolute Gasteiger partial charge is 0.330 e. The molecule has 0 aliphatic rings. The summed E-state index contributed by atoms with van der Waals surface area (Å²) in [4.78, 5) is 25.9. The summed E-state index contributed by atoms with van der Waals surface area (Å²) in [6, 6.07) is 12.8. The molecule has 0 aromatic heterocycles. The highest BCUT2D eigenvalue weighted by molar-refractivity contribution is 6.11. The molecule has 0 bridgehead atoms. The lowest BCUT2D eigenvalue weighted by molar-refractivity contribution is -0.138. The van der Waals surface area contributed by atoms with Crippen LogP contribution < -0.4 is 9.64 Å². The number of benzene rings is 2. The zero-order chi connectivity index (χ0) is 19.1. The van der Waals surface area contributed by atoms with E-state index in [2.05, 4.69) is 6.58 Å². The fourth-order valence-electron chi connectivity index (χ4n) is 2.37. The average Bonchev–Trinajstić information content (AvgIpc) is 2.65. The number of carbonyl (C=O) groups is 2. The third-order valence-corrected chi connectivity index (χ3v) is 3.78. The van der Waals surface area contributed by atoms with Gasteiger partial charge in [0.05, 0.1) is 5.56 Å². The molecule has 0 fully saturated rings. The molecule has 0 saturated carbocycles. The molecule has 0 unspecified atom stereocenters. The van der Waals surface area contributed by atoms with Crippen molar-refractivity contribution in [3.8, 4) is 5.75 Å². The van der Waals surface area contributed by atoms with Crippen molar-refractivity contribution in [2.75, 3.05) is 32.2 Å². The molecular weight excluding hydrogens is 330 g/mol. The minimum Gasteiger partial charge on any atom is -0.489 e. The first-order valence-electron chi connectivity index (χ1n) is 8.27. The van der Waals surface area contributed by atoms with Crippen LogP contribution in [0.3, 0.4) is 0 Å². The fraction of sp³-hybridized carbons (Fsp3) is 0.238. The number of hydrogen-bond acceptors (Lipinski definition) is 5. The summed E-state index contributed by atoms with van der Waals surface area (Å²) in [5.74, 6) is -0.154. The molecule has 5 heteroatoms. The number of carbonyl (C=O) groups excluding carboxylic acids is 2. The Labute approximate surface area is 153 Å². The highest BCUT2D eigenvalue weighted by Crippen LogP contribution is 2.24. The normalized spacial score (nSPS) is 10.1. The second kappa shape index (κ2) is 8.85. The lowest BCUT2D eigenvalue weighted by Crippen LogP contribution is -2.13. The molecule has 0 radical (unpaired) electrons. The SMILES string of the molecule is C=CC(=O)OCCOc1ccc(C)cc1C(=O)c1ccc(N(C)C)cc1. The summed E-state index contributed by atoms with van der Waals surface area (Å²) in [6.45, 7) is 5.49. The van der Waals surface area contributed by atoms with Gasteiger partial charge in [-0.15, -0.1) is 0 Å². The number of rotatable bonds is 8. The van der Waals surface area contributed by atoms with Crippen LogP contribution in [-0.4, -0.2) is 39.1 Å². The van der Waals surface area contributed by atoms with Gasteiger partial charge >= 0.3 is 5.97 Å². The zero-order valence-electron chi connectivity index (χ0n) is 15.3. The summed E-state index contributed by atoms with van der Waals surface area (Å²) in [7, 11) is 3.89. The first-order chi connectivity index (χ1) is 12.4. The molecule has 5 nitrogen and oxygen atoms in total. The van der Waals surface area contributed by atoms with Crippen LogP contribution in [0.25, 0.3) is 0 Å². The van der Waals surface area contributed by atoms with E-state index in [1.165, 1.54) is 0 Å². The van der Waals surface area contributed by atoms with Gasteiger partial charge in [0.25, 0.3) is 0 Å². The maximum Gasteiger partial charge on any atom is 0.330 e. The Balaban J connectivity index is 2.16. The van der Waals surface area contributed by atoms with Gasteiger partial charge in [0.1, 0.15) is 19.0 Å². The number of nitrogens with zero attached hydrogens (tertiary/aromatic N) is 1. The summed E-state index contributed by atoms with van der Waals surface area (Å²) in [5.41, 5.74) is 3.05. The fourth-order valence-corrected chi connectivity index (χ4v) is 2.37. The molecule has 0 amide bonds. The lowest BCUT2D eigenvalue weighted by Gasteiger charge is -2.14. The molecule has 0 N–H and O–H groups in total. The number of ketones is 1. The summed E-state index contributed by atoms with van der Waals surface area (Å²) in [6.07, 6.45) is 1.10. The van der Waals surface area contributed by atoms with E-state index in [1.54, 1.807) is 24.3 Å². The topological polar surface area (TPSA) is 55.8 Å². The van der Waals surface area contributed by atoms with Gasteiger partial charge in [-0.25, -0.2) is 4.79 Å². The predicted octanol–water partition coefficient (Wildman–Crippen LogP) is 3.40. The molecule has 0 spiro atoms. The highest BCUT2D eigenvalue weighted by Gasteiger charge is 2.15. The summed E-state index contributed by atoms with van der Waals surface area (Å²) in [5, 5.41) is 0. The molecule has 0 aliphatic carbocycles. The van der Waals surface area contributed by atoms with E-state index in [0.717, 1.165) is 17.3 Å². The van der Waals surface area contributed by atoms with E-state index in [-0.39, 0.29) is 19.0 Å². The van der Waals surface area contributed by atoms with E-state index in [4.69, 9.17) is 9.47 Å². The summed E-state index contributed by atoms with van der Waals surface area (Å²) >= 11 is 0. The molecule has 2 rings (SSSR count). The van der Waals surface area contributed by atoms with E-state index in [1.807, 2.05) is 44.1 Å². The third kappa shape index (κ3) is 4.96. The molecule has 2 aromatic carbocycles. The van der Waals surface area contributed by atoms with Crippen molar-refractivity contribution in [3.63, 3.8) is 0 Å². The minimum absolute atomic E-state index is 0.0872. The van der Waals surface area contributed by atoms with Crippen LogP contribution in [0, 0.1) is 6.92 Å². The van der Waals surface area contributed by atoms with Gasteiger partial charge in [-0.2, -0.15) is 0 Å². The first-order valence-corrected chi connectivity index (χ1v) is 8.27. The van der Waals surface area contributed by atoms with Crippen molar-refractivity contribution in [1.29, 1.82) is 0 Å². The van der Waals surface area contributed by atoms with Crippen LogP contribution in [0.2, 0.25) is 0 Å². The van der Waals surface area contributed by atoms with E-state index in [9.17, 15) is 9.59 Å². The molecular formula is C21H23NO4. The van der Waals surface area contributed by atoms with E-state index >= 15 is 0 Å². The van der Waals surface area contributed by atoms with Gasteiger partial charge in [-0.1, -0.05) is 18.2 Å². The summed E-state index contributed by atoms with van der Waals surface area (Å²) < 4.78 is 10.5. The molecule has 136 valence electrons. The van der Waals surface area contributed by atoms with Gasteiger partial charge < -0.3 is 14.4 Å². The van der Waals surface area contributed by atoms with Gasteiger partial charge in [0.2, 0.25) is 0 Å². The van der Waals surface area contributed by atoms with Crippen LogP contribution in [0.4, 0.5) is 5.69 Å². The van der Waals surface area contributed by atoms with Gasteiger partial charge in [-0.3, -0.25) is 4.79 Å². The molecule has 0 aliphatic heterocycles. The standard InChI is InChI=1S/C21H23NO4/c1-5-20(23)26-13-12-25-19-11-6-15(2)14-18(19)21(24)16-7-9-17(10-8-16)22(3)4/h5-11,14H,1,12-13H2,2-4H3. The number of anilines is 1. The predicted molar refractivity (Wildman–Crippen MR) is 102 cm³/mol. The molecule has 2 aromatic rings. The van der Waals surface area contributed by atoms with Crippen molar-refractivity contribution in [2.24, 2.45) is 0 Å². The number of ether oxygens (including phenoxy) is 2. The Hall–Kier alpha value is -3.08. The molecule has 26 heavy (non-hydrogen) atoms. The monoisotopic (exact) mass is 353 g/mol. The van der Waals surface area contributed by atoms with Crippen LogP contribution in [0.15, 0.2) is 55.1 Å². The molecule has 0 saturated heterocycles. The first kappa shape index (κ1) is 19.2. The average molecular weight is 353 g/mol. The van der Waals surface area contributed by atoms with Crippen LogP contribution >= 0.6 is 0 Å². The zero-order valence-corrected chi connectivity index (χ0v) is 15.3. The Morgan fingerprint density at radius 2 is 1.77 bits per heavy atom. The van der Waals surface area contributed by atoms with Crippen LogP contribution in [-0.2, 0) is 9.53 Å². The van der Waals surface area contributed by atoms with Crippen molar-refractivity contribution < 1.29 is 19.1 Å². The van der Waals surface area contributed by atoms with Gasteiger partial charge in [0.15, 0.2) is 5.78 Å². The van der Waals surface area contributed by atoms with E-state index < -0.39 is 5.97 Å². The van der Waals surface area contributed by atoms with E-state index in [0.29, 0.717) is 16.9 Å². The van der Waals surface area contributed by atoms with Crippen molar-refractivity contribution in [3.05, 3.63) is 71.8 Å². The third-order valence-electron chi connectivity index (χ3n) is 3.78. The molecule has 0 atom stereocenters. The Bertz CT molecular complexity index is 794. The van der Waals surface area contributed by atoms with Crippen molar-refractivity contribution in [2.45, 2.75) is 6.92 Å². The Morgan fingerprint density at radius 3 is 2.38 bits per heavy atom. The quantitative estimate of drug-likeness (QED) is 0.315. The number of aryl methyl sites for hydroxylation is 1. The second-order valence-electron chi connectivity index (χ2n) is 5.99. The Kier molecular flexibility index (Phi) is 6.55. The second-order valence-corrected chi connectivity index (χ2v) is 5.99. The number of esters is 1. The van der Waals surface area contributed by atoms with Gasteiger partial charge in [0, 0.05) is 31.4 Å².